The molecule has 0 saturated heterocycles. The van der Waals surface area contributed by atoms with Crippen molar-refractivity contribution in [3.8, 4) is 5.75 Å². The molecule has 0 aliphatic heterocycles. The van der Waals surface area contributed by atoms with Crippen LogP contribution < -0.4 is 10.5 Å². The van der Waals surface area contributed by atoms with Gasteiger partial charge in [-0.15, -0.1) is 13.2 Å². The summed E-state index contributed by atoms with van der Waals surface area (Å²) in [5, 5.41) is 0. The van der Waals surface area contributed by atoms with Crippen LogP contribution in [0.3, 0.4) is 0 Å². The fourth-order valence-electron chi connectivity index (χ4n) is 3.00. The number of alkyl halides is 3. The van der Waals surface area contributed by atoms with Crippen LogP contribution in [0.1, 0.15) is 50.5 Å². The Bertz CT molecular complexity index is 434. The number of benzene rings is 1. The molecule has 0 amide bonds. The van der Waals surface area contributed by atoms with Gasteiger partial charge in [0.15, 0.2) is 0 Å². The maximum absolute atomic E-state index is 12.1. The molecule has 0 radical (unpaired) electrons. The minimum atomic E-state index is -4.64. The van der Waals surface area contributed by atoms with Gasteiger partial charge >= 0.3 is 6.36 Å². The van der Waals surface area contributed by atoms with Crippen LogP contribution in [0.5, 0.6) is 5.75 Å². The summed E-state index contributed by atoms with van der Waals surface area (Å²) < 4.78 is 40.2. The number of rotatable bonds is 3. The van der Waals surface area contributed by atoms with Gasteiger partial charge in [-0.3, -0.25) is 0 Å². The monoisotopic (exact) mass is 301 g/mol. The Morgan fingerprint density at radius 2 is 1.48 bits per heavy atom. The molecule has 0 atom stereocenters. The molecule has 118 valence electrons. The Balaban J connectivity index is 1.98. The first-order valence-electron chi connectivity index (χ1n) is 7.50. The van der Waals surface area contributed by atoms with Crippen molar-refractivity contribution in [2.24, 2.45) is 5.73 Å². The Labute approximate surface area is 123 Å². The summed E-state index contributed by atoms with van der Waals surface area (Å²) in [6.45, 7) is 0. The van der Waals surface area contributed by atoms with E-state index in [4.69, 9.17) is 5.73 Å². The highest BCUT2D eigenvalue weighted by Gasteiger charge is 2.31. The summed E-state index contributed by atoms with van der Waals surface area (Å²) in [5.74, 6) is -0.185. The Morgan fingerprint density at radius 1 is 0.952 bits per heavy atom. The fourth-order valence-corrected chi connectivity index (χ4v) is 3.00. The summed E-state index contributed by atoms with van der Waals surface area (Å²) in [5.41, 5.74) is 7.23. The molecule has 0 unspecified atom stereocenters. The van der Waals surface area contributed by atoms with Crippen molar-refractivity contribution in [1.82, 2.24) is 0 Å². The molecule has 0 aromatic heterocycles. The van der Waals surface area contributed by atoms with E-state index in [9.17, 15) is 13.2 Å². The number of ether oxygens (including phenoxy) is 1. The third-order valence-corrected chi connectivity index (χ3v) is 4.06. The lowest BCUT2D eigenvalue weighted by Crippen LogP contribution is -2.42. The predicted octanol–water partition coefficient (Wildman–Crippen LogP) is 4.57. The SMILES string of the molecule is NC1(Cc2ccc(OC(F)(F)F)cc2)CCCCCCC1. The standard InChI is InChI=1S/C16H22F3NO/c17-16(18,19)21-14-8-6-13(7-9-14)12-15(20)10-4-2-1-3-5-11-15/h6-9H,1-5,10-12,20H2. The zero-order chi connectivity index (χ0) is 15.3. The van der Waals surface area contributed by atoms with Crippen molar-refractivity contribution in [2.75, 3.05) is 0 Å². The van der Waals surface area contributed by atoms with Crippen molar-refractivity contribution < 1.29 is 17.9 Å². The lowest BCUT2D eigenvalue weighted by atomic mass is 9.80. The minimum absolute atomic E-state index is 0.185. The summed E-state index contributed by atoms with van der Waals surface area (Å²) in [7, 11) is 0. The van der Waals surface area contributed by atoms with E-state index in [-0.39, 0.29) is 11.3 Å². The van der Waals surface area contributed by atoms with Crippen LogP contribution in [0.15, 0.2) is 24.3 Å². The van der Waals surface area contributed by atoms with Gasteiger partial charge in [-0.05, 0) is 37.0 Å². The Kier molecular flexibility index (Phi) is 5.14. The smallest absolute Gasteiger partial charge is 0.406 e. The molecule has 2 rings (SSSR count). The first-order chi connectivity index (χ1) is 9.86. The van der Waals surface area contributed by atoms with E-state index in [1.807, 2.05) is 0 Å². The van der Waals surface area contributed by atoms with E-state index in [1.54, 1.807) is 12.1 Å². The Morgan fingerprint density at radius 3 is 2.00 bits per heavy atom. The summed E-state index contributed by atoms with van der Waals surface area (Å²) in [4.78, 5) is 0. The molecule has 1 saturated carbocycles. The van der Waals surface area contributed by atoms with Crippen molar-refractivity contribution in [1.29, 1.82) is 0 Å². The zero-order valence-corrected chi connectivity index (χ0v) is 12.1. The van der Waals surface area contributed by atoms with Gasteiger partial charge < -0.3 is 10.5 Å². The highest BCUT2D eigenvalue weighted by atomic mass is 19.4. The van der Waals surface area contributed by atoms with Crippen LogP contribution >= 0.6 is 0 Å². The molecular weight excluding hydrogens is 279 g/mol. The molecular formula is C16H22F3NO. The number of halogens is 3. The van der Waals surface area contributed by atoms with E-state index in [0.29, 0.717) is 6.42 Å². The zero-order valence-electron chi connectivity index (χ0n) is 12.1. The van der Waals surface area contributed by atoms with Crippen LogP contribution in [0, 0.1) is 0 Å². The van der Waals surface area contributed by atoms with Crippen LogP contribution in [0.4, 0.5) is 13.2 Å². The molecule has 1 aliphatic rings. The molecule has 1 aliphatic carbocycles. The summed E-state index contributed by atoms with van der Waals surface area (Å²) in [6.07, 6.45) is 4.00. The molecule has 2 nitrogen and oxygen atoms in total. The van der Waals surface area contributed by atoms with Crippen LogP contribution in [0.2, 0.25) is 0 Å². The van der Waals surface area contributed by atoms with Gasteiger partial charge in [0.05, 0.1) is 0 Å². The van der Waals surface area contributed by atoms with E-state index in [2.05, 4.69) is 4.74 Å². The molecule has 1 aromatic rings. The van der Waals surface area contributed by atoms with Gasteiger partial charge in [0.2, 0.25) is 0 Å². The fraction of sp³-hybridized carbons (Fsp3) is 0.625. The summed E-state index contributed by atoms with van der Waals surface area (Å²) >= 11 is 0. The van der Waals surface area contributed by atoms with Crippen LogP contribution in [-0.4, -0.2) is 11.9 Å². The molecule has 21 heavy (non-hydrogen) atoms. The van der Waals surface area contributed by atoms with E-state index >= 15 is 0 Å². The molecule has 5 heteroatoms. The second kappa shape index (κ2) is 6.69. The van der Waals surface area contributed by atoms with Gasteiger partial charge in [-0.2, -0.15) is 0 Å². The topological polar surface area (TPSA) is 35.2 Å². The highest BCUT2D eigenvalue weighted by molar-refractivity contribution is 5.28. The molecule has 0 spiro atoms. The lowest BCUT2D eigenvalue weighted by Gasteiger charge is -2.31. The van der Waals surface area contributed by atoms with Gasteiger partial charge in [0.1, 0.15) is 5.75 Å². The number of hydrogen-bond donors (Lipinski definition) is 1. The predicted molar refractivity (Wildman–Crippen MR) is 76.1 cm³/mol. The van der Waals surface area contributed by atoms with Crippen molar-refractivity contribution in [3.63, 3.8) is 0 Å². The normalized spacial score (nSPS) is 19.6. The largest absolute Gasteiger partial charge is 0.573 e. The van der Waals surface area contributed by atoms with Gasteiger partial charge in [0.25, 0.3) is 0 Å². The second-order valence-corrected chi connectivity index (χ2v) is 6.00. The summed E-state index contributed by atoms with van der Waals surface area (Å²) in [6, 6.07) is 6.06. The number of nitrogens with two attached hydrogens (primary N) is 1. The van der Waals surface area contributed by atoms with Crippen molar-refractivity contribution in [2.45, 2.75) is 63.3 Å². The van der Waals surface area contributed by atoms with Crippen molar-refractivity contribution >= 4 is 0 Å². The van der Waals surface area contributed by atoms with Gasteiger partial charge in [-0.1, -0.05) is 44.2 Å². The van der Waals surface area contributed by atoms with Crippen LogP contribution in [-0.2, 0) is 6.42 Å². The third kappa shape index (κ3) is 5.58. The average Bonchev–Trinajstić information content (AvgIpc) is 2.35. The molecule has 2 N–H and O–H groups in total. The Hall–Kier alpha value is -1.23. The maximum Gasteiger partial charge on any atom is 0.573 e. The quantitative estimate of drug-likeness (QED) is 0.887. The van der Waals surface area contributed by atoms with Gasteiger partial charge in [-0.25, -0.2) is 0 Å². The first-order valence-corrected chi connectivity index (χ1v) is 7.50. The minimum Gasteiger partial charge on any atom is -0.406 e. The third-order valence-electron chi connectivity index (χ3n) is 4.06. The average molecular weight is 301 g/mol. The first kappa shape index (κ1) is 16.1. The maximum atomic E-state index is 12.1. The van der Waals surface area contributed by atoms with E-state index in [1.165, 1.54) is 31.4 Å². The second-order valence-electron chi connectivity index (χ2n) is 6.00. The molecule has 0 bridgehead atoms. The van der Waals surface area contributed by atoms with Crippen LogP contribution in [0.25, 0.3) is 0 Å². The molecule has 1 aromatic carbocycles. The van der Waals surface area contributed by atoms with E-state index in [0.717, 1.165) is 31.2 Å². The van der Waals surface area contributed by atoms with Crippen molar-refractivity contribution in [3.05, 3.63) is 29.8 Å². The number of hydrogen-bond acceptors (Lipinski definition) is 2. The molecule has 1 fully saturated rings. The molecule has 0 heterocycles. The highest BCUT2D eigenvalue weighted by Crippen LogP contribution is 2.29. The van der Waals surface area contributed by atoms with E-state index < -0.39 is 6.36 Å². The lowest BCUT2D eigenvalue weighted by molar-refractivity contribution is -0.274. The van der Waals surface area contributed by atoms with Gasteiger partial charge in [0, 0.05) is 5.54 Å².